The van der Waals surface area contributed by atoms with Crippen LogP contribution in [0, 0.1) is 10.1 Å². The van der Waals surface area contributed by atoms with Crippen molar-refractivity contribution in [2.75, 3.05) is 20.6 Å². The maximum atomic E-state index is 10.7. The molecule has 1 heterocycles. The summed E-state index contributed by atoms with van der Waals surface area (Å²) in [5.74, 6) is 0.895. The molecule has 0 fully saturated rings. The van der Waals surface area contributed by atoms with Gasteiger partial charge in [0.1, 0.15) is 5.76 Å². The van der Waals surface area contributed by atoms with E-state index in [1.54, 1.807) is 18.4 Å². The van der Waals surface area contributed by atoms with Gasteiger partial charge >= 0.3 is 0 Å². The molecule has 6 nitrogen and oxygen atoms in total. The van der Waals surface area contributed by atoms with Gasteiger partial charge in [-0.15, -0.1) is 0 Å². The molecule has 0 saturated heterocycles. The van der Waals surface area contributed by atoms with Crippen molar-refractivity contribution in [2.45, 2.75) is 12.6 Å². The van der Waals surface area contributed by atoms with Crippen molar-refractivity contribution in [1.82, 2.24) is 10.2 Å². The van der Waals surface area contributed by atoms with Gasteiger partial charge in [0.25, 0.3) is 5.69 Å². The molecule has 2 aromatic rings. The molecular formula is C15H19N3O3. The Morgan fingerprint density at radius 3 is 2.76 bits per heavy atom. The van der Waals surface area contributed by atoms with E-state index >= 15 is 0 Å². The van der Waals surface area contributed by atoms with Crippen molar-refractivity contribution in [3.8, 4) is 0 Å². The van der Waals surface area contributed by atoms with Crippen molar-refractivity contribution < 1.29 is 9.34 Å². The molecule has 1 aromatic heterocycles. The molecule has 0 aliphatic carbocycles. The first kappa shape index (κ1) is 15.2. The van der Waals surface area contributed by atoms with Crippen molar-refractivity contribution >= 4 is 5.69 Å². The van der Waals surface area contributed by atoms with Gasteiger partial charge in [0, 0.05) is 25.2 Å². The van der Waals surface area contributed by atoms with Crippen LogP contribution in [0.15, 0.2) is 47.1 Å². The molecule has 0 aliphatic heterocycles. The normalized spacial score (nSPS) is 12.5. The number of hydrogen-bond donors (Lipinski definition) is 1. The standard InChI is InChI=1S/C15H19N3O3/c1-17(2)14(15-7-4-8-21-15)11-16-10-12-5-3-6-13(9-12)18(19)20/h3-9,14,16H,10-11H2,1-2H3. The summed E-state index contributed by atoms with van der Waals surface area (Å²) < 4.78 is 5.44. The largest absolute Gasteiger partial charge is 0.468 e. The van der Waals surface area contributed by atoms with Crippen LogP contribution in [0.1, 0.15) is 17.4 Å². The second-order valence-electron chi connectivity index (χ2n) is 5.05. The molecule has 1 unspecified atom stereocenters. The fourth-order valence-electron chi connectivity index (χ4n) is 2.15. The monoisotopic (exact) mass is 289 g/mol. The lowest BCUT2D eigenvalue weighted by molar-refractivity contribution is -0.384. The summed E-state index contributed by atoms with van der Waals surface area (Å²) in [4.78, 5) is 12.4. The van der Waals surface area contributed by atoms with Crippen LogP contribution in [0.5, 0.6) is 0 Å². The minimum atomic E-state index is -0.380. The maximum Gasteiger partial charge on any atom is 0.269 e. The summed E-state index contributed by atoms with van der Waals surface area (Å²) in [5.41, 5.74) is 1.01. The van der Waals surface area contributed by atoms with Gasteiger partial charge in [-0.2, -0.15) is 0 Å². The summed E-state index contributed by atoms with van der Waals surface area (Å²) in [6.07, 6.45) is 1.66. The number of rotatable bonds is 7. The lowest BCUT2D eigenvalue weighted by atomic mass is 10.1. The Bertz CT molecular complexity index is 582. The Balaban J connectivity index is 1.93. The number of nitrogens with one attached hydrogen (secondary N) is 1. The van der Waals surface area contributed by atoms with Gasteiger partial charge in [-0.3, -0.25) is 15.0 Å². The van der Waals surface area contributed by atoms with Crippen LogP contribution in [0.3, 0.4) is 0 Å². The number of nitro groups is 1. The zero-order chi connectivity index (χ0) is 15.2. The number of non-ortho nitro benzene ring substituents is 1. The Hall–Kier alpha value is -2.18. The molecule has 0 spiro atoms. The maximum absolute atomic E-state index is 10.7. The fraction of sp³-hybridized carbons (Fsp3) is 0.333. The van der Waals surface area contributed by atoms with E-state index in [1.165, 1.54) is 6.07 Å². The van der Waals surface area contributed by atoms with E-state index < -0.39 is 0 Å². The van der Waals surface area contributed by atoms with E-state index in [-0.39, 0.29) is 16.7 Å². The van der Waals surface area contributed by atoms with Gasteiger partial charge in [0.2, 0.25) is 0 Å². The van der Waals surface area contributed by atoms with E-state index in [9.17, 15) is 10.1 Å². The van der Waals surface area contributed by atoms with Gasteiger partial charge in [0.05, 0.1) is 17.2 Å². The molecule has 0 saturated carbocycles. The number of likely N-dealkylation sites (N-methyl/N-ethyl adjacent to an activating group) is 1. The highest BCUT2D eigenvalue weighted by Gasteiger charge is 2.16. The van der Waals surface area contributed by atoms with E-state index in [0.717, 1.165) is 11.3 Å². The quantitative estimate of drug-likeness (QED) is 0.626. The van der Waals surface area contributed by atoms with Crippen LogP contribution in [0.4, 0.5) is 5.69 Å². The minimum Gasteiger partial charge on any atom is -0.468 e. The molecule has 1 N–H and O–H groups in total. The second kappa shape index (κ2) is 7.01. The topological polar surface area (TPSA) is 71.5 Å². The molecular weight excluding hydrogens is 270 g/mol. The number of benzene rings is 1. The second-order valence-corrected chi connectivity index (χ2v) is 5.05. The van der Waals surface area contributed by atoms with Crippen molar-refractivity contribution in [3.63, 3.8) is 0 Å². The van der Waals surface area contributed by atoms with Crippen LogP contribution in [0.2, 0.25) is 0 Å². The summed E-state index contributed by atoms with van der Waals surface area (Å²) >= 11 is 0. The third-order valence-corrected chi connectivity index (χ3v) is 3.28. The first-order chi connectivity index (χ1) is 10.1. The van der Waals surface area contributed by atoms with Crippen LogP contribution >= 0.6 is 0 Å². The summed E-state index contributed by atoms with van der Waals surface area (Å²) in [7, 11) is 3.98. The molecule has 0 bridgehead atoms. The predicted octanol–water partition coefficient (Wildman–Crippen LogP) is 2.58. The fourth-order valence-corrected chi connectivity index (χ4v) is 2.15. The first-order valence-corrected chi connectivity index (χ1v) is 6.72. The third kappa shape index (κ3) is 4.14. The van der Waals surface area contributed by atoms with Gasteiger partial charge in [-0.1, -0.05) is 12.1 Å². The summed E-state index contributed by atoms with van der Waals surface area (Å²) in [5, 5.41) is 14.1. The van der Waals surface area contributed by atoms with E-state index in [4.69, 9.17) is 4.42 Å². The SMILES string of the molecule is CN(C)C(CNCc1cccc([N+](=O)[O-])c1)c1ccco1. The molecule has 2 rings (SSSR count). The number of nitrogens with zero attached hydrogens (tertiary/aromatic N) is 2. The average Bonchev–Trinajstić information content (AvgIpc) is 2.97. The van der Waals surface area contributed by atoms with Crippen molar-refractivity contribution in [3.05, 3.63) is 64.1 Å². The Labute approximate surface area is 123 Å². The lowest BCUT2D eigenvalue weighted by Crippen LogP contribution is -2.30. The highest BCUT2D eigenvalue weighted by molar-refractivity contribution is 5.34. The molecule has 112 valence electrons. The summed E-state index contributed by atoms with van der Waals surface area (Å²) in [6, 6.07) is 10.6. The molecule has 6 heteroatoms. The van der Waals surface area contributed by atoms with E-state index in [0.29, 0.717) is 13.1 Å². The third-order valence-electron chi connectivity index (χ3n) is 3.28. The summed E-state index contributed by atoms with van der Waals surface area (Å²) in [6.45, 7) is 1.27. The van der Waals surface area contributed by atoms with E-state index in [2.05, 4.69) is 10.2 Å². The lowest BCUT2D eigenvalue weighted by Gasteiger charge is -2.22. The molecule has 0 amide bonds. The Morgan fingerprint density at radius 2 is 2.14 bits per heavy atom. The van der Waals surface area contributed by atoms with Gasteiger partial charge < -0.3 is 9.73 Å². The highest BCUT2D eigenvalue weighted by atomic mass is 16.6. The predicted molar refractivity (Wildman–Crippen MR) is 79.9 cm³/mol. The molecule has 0 radical (unpaired) electrons. The number of nitro benzene ring substituents is 1. The van der Waals surface area contributed by atoms with Gasteiger partial charge in [-0.25, -0.2) is 0 Å². The smallest absolute Gasteiger partial charge is 0.269 e. The van der Waals surface area contributed by atoms with Crippen LogP contribution in [0.25, 0.3) is 0 Å². The van der Waals surface area contributed by atoms with Gasteiger partial charge in [-0.05, 0) is 31.8 Å². The molecule has 1 aromatic carbocycles. The van der Waals surface area contributed by atoms with Crippen molar-refractivity contribution in [2.24, 2.45) is 0 Å². The minimum absolute atomic E-state index is 0.115. The number of hydrogen-bond acceptors (Lipinski definition) is 5. The first-order valence-electron chi connectivity index (χ1n) is 6.72. The Kier molecular flexibility index (Phi) is 5.08. The molecule has 21 heavy (non-hydrogen) atoms. The zero-order valence-corrected chi connectivity index (χ0v) is 12.2. The van der Waals surface area contributed by atoms with Crippen LogP contribution < -0.4 is 5.32 Å². The molecule has 0 aliphatic rings. The number of furan rings is 1. The highest BCUT2D eigenvalue weighted by Crippen LogP contribution is 2.18. The van der Waals surface area contributed by atoms with Crippen molar-refractivity contribution in [1.29, 1.82) is 0 Å². The van der Waals surface area contributed by atoms with Gasteiger partial charge in [0.15, 0.2) is 0 Å². The molecule has 1 atom stereocenters. The van der Waals surface area contributed by atoms with E-state index in [1.807, 2.05) is 32.3 Å². The van der Waals surface area contributed by atoms with Crippen LogP contribution in [-0.4, -0.2) is 30.5 Å². The van der Waals surface area contributed by atoms with Crippen LogP contribution in [-0.2, 0) is 6.54 Å². The zero-order valence-electron chi connectivity index (χ0n) is 12.2. The Morgan fingerprint density at radius 1 is 1.33 bits per heavy atom. The average molecular weight is 289 g/mol.